The molecule has 0 spiro atoms. The number of aryl methyl sites for hydroxylation is 2. The highest BCUT2D eigenvalue weighted by molar-refractivity contribution is 7.12. The zero-order valence-corrected chi connectivity index (χ0v) is 11.3. The number of carbonyl (C=O) groups excluding carboxylic acids is 2. The minimum Gasteiger partial charge on any atom is -0.326 e. The Morgan fingerprint density at radius 3 is 2.84 bits per heavy atom. The van der Waals surface area contributed by atoms with E-state index in [1.165, 1.54) is 11.3 Å². The molecule has 2 aromatic rings. The van der Waals surface area contributed by atoms with Crippen LogP contribution in [0.5, 0.6) is 0 Å². The fourth-order valence-electron chi connectivity index (χ4n) is 2.26. The molecule has 3 rings (SSSR count). The number of amides is 1. The van der Waals surface area contributed by atoms with Crippen molar-refractivity contribution in [2.24, 2.45) is 0 Å². The first-order valence-electron chi connectivity index (χ1n) is 6.17. The number of thiophene rings is 1. The number of hydrogen-bond donors (Lipinski definition) is 1. The van der Waals surface area contributed by atoms with Gasteiger partial charge in [0.25, 0.3) is 0 Å². The maximum atomic E-state index is 12.4. The van der Waals surface area contributed by atoms with Crippen LogP contribution in [0.1, 0.15) is 32.8 Å². The van der Waals surface area contributed by atoms with Crippen molar-refractivity contribution in [1.29, 1.82) is 0 Å². The van der Waals surface area contributed by atoms with Crippen molar-refractivity contribution in [3.05, 3.63) is 51.2 Å². The Hall–Kier alpha value is -1.94. The first kappa shape index (κ1) is 12.1. The predicted octanol–water partition coefficient (Wildman–Crippen LogP) is 3.17. The van der Waals surface area contributed by atoms with Crippen molar-refractivity contribution >= 4 is 28.7 Å². The minimum atomic E-state index is 0.0423. The molecule has 1 aromatic heterocycles. The van der Waals surface area contributed by atoms with Gasteiger partial charge in [-0.05, 0) is 54.1 Å². The van der Waals surface area contributed by atoms with E-state index < -0.39 is 0 Å². The van der Waals surface area contributed by atoms with Crippen LogP contribution in [0.4, 0.5) is 5.69 Å². The Morgan fingerprint density at radius 2 is 2.11 bits per heavy atom. The molecule has 4 heteroatoms. The lowest BCUT2D eigenvalue weighted by Gasteiger charge is -2.17. The molecular weight excluding hydrogens is 258 g/mol. The smallest absolute Gasteiger partial charge is 0.224 e. The summed E-state index contributed by atoms with van der Waals surface area (Å²) in [6, 6.07) is 7.46. The van der Waals surface area contributed by atoms with Crippen molar-refractivity contribution in [2.45, 2.75) is 19.8 Å². The van der Waals surface area contributed by atoms with Gasteiger partial charge in [-0.2, -0.15) is 0 Å². The van der Waals surface area contributed by atoms with E-state index in [0.717, 1.165) is 21.7 Å². The molecule has 3 nitrogen and oxygen atoms in total. The number of anilines is 1. The molecule has 0 radical (unpaired) electrons. The van der Waals surface area contributed by atoms with Gasteiger partial charge in [-0.15, -0.1) is 11.3 Å². The van der Waals surface area contributed by atoms with Crippen LogP contribution in [0.25, 0.3) is 0 Å². The molecule has 2 heterocycles. The average Bonchev–Trinajstić information content (AvgIpc) is 2.83. The van der Waals surface area contributed by atoms with Gasteiger partial charge in [0.05, 0.1) is 4.88 Å². The van der Waals surface area contributed by atoms with Gasteiger partial charge >= 0.3 is 0 Å². The summed E-state index contributed by atoms with van der Waals surface area (Å²) in [4.78, 5) is 24.5. The zero-order valence-electron chi connectivity index (χ0n) is 10.5. The zero-order chi connectivity index (χ0) is 13.4. The van der Waals surface area contributed by atoms with E-state index >= 15 is 0 Å². The first-order chi connectivity index (χ1) is 9.15. The van der Waals surface area contributed by atoms with Gasteiger partial charge in [-0.3, -0.25) is 9.59 Å². The molecular formula is C15H13NO2S. The molecule has 0 aliphatic carbocycles. The second kappa shape index (κ2) is 4.63. The number of fused-ring (bicyclic) bond motifs is 1. The van der Waals surface area contributed by atoms with Crippen LogP contribution >= 0.6 is 11.3 Å². The van der Waals surface area contributed by atoms with E-state index in [-0.39, 0.29) is 11.7 Å². The van der Waals surface area contributed by atoms with Crippen LogP contribution in [-0.4, -0.2) is 11.7 Å². The van der Waals surface area contributed by atoms with E-state index in [1.807, 2.05) is 30.5 Å². The maximum Gasteiger partial charge on any atom is 0.224 e. The number of carbonyl (C=O) groups is 2. The Bertz CT molecular complexity index is 673. The second-order valence-electron chi connectivity index (χ2n) is 4.68. The summed E-state index contributed by atoms with van der Waals surface area (Å²) in [6.07, 6.45) is 1.19. The summed E-state index contributed by atoms with van der Waals surface area (Å²) >= 11 is 1.47. The van der Waals surface area contributed by atoms with Gasteiger partial charge in [0.15, 0.2) is 0 Å². The van der Waals surface area contributed by atoms with Gasteiger partial charge in [-0.1, -0.05) is 0 Å². The Morgan fingerprint density at radius 1 is 1.26 bits per heavy atom. The monoisotopic (exact) mass is 271 g/mol. The van der Waals surface area contributed by atoms with E-state index in [4.69, 9.17) is 0 Å². The number of hydrogen-bond acceptors (Lipinski definition) is 3. The van der Waals surface area contributed by atoms with Crippen LogP contribution in [0.3, 0.4) is 0 Å². The molecule has 19 heavy (non-hydrogen) atoms. The third kappa shape index (κ3) is 2.19. The predicted molar refractivity (Wildman–Crippen MR) is 75.9 cm³/mol. The number of ketones is 1. The summed E-state index contributed by atoms with van der Waals surface area (Å²) in [5.41, 5.74) is 3.58. The van der Waals surface area contributed by atoms with Gasteiger partial charge in [-0.25, -0.2) is 0 Å². The normalized spacial score (nSPS) is 13.8. The molecule has 0 saturated heterocycles. The number of benzene rings is 1. The van der Waals surface area contributed by atoms with Crippen LogP contribution in [-0.2, 0) is 11.2 Å². The summed E-state index contributed by atoms with van der Waals surface area (Å²) in [6.45, 7) is 1.95. The van der Waals surface area contributed by atoms with Gasteiger partial charge in [0, 0.05) is 17.7 Å². The second-order valence-corrected chi connectivity index (χ2v) is 5.60. The molecule has 1 aromatic carbocycles. The van der Waals surface area contributed by atoms with Crippen LogP contribution < -0.4 is 5.32 Å². The van der Waals surface area contributed by atoms with Gasteiger partial charge in [0.2, 0.25) is 11.7 Å². The van der Waals surface area contributed by atoms with E-state index in [9.17, 15) is 9.59 Å². The highest BCUT2D eigenvalue weighted by Gasteiger charge is 2.18. The Labute approximate surface area is 115 Å². The molecule has 0 bridgehead atoms. The van der Waals surface area contributed by atoms with E-state index in [0.29, 0.717) is 18.4 Å². The van der Waals surface area contributed by atoms with E-state index in [1.54, 1.807) is 6.07 Å². The van der Waals surface area contributed by atoms with Crippen molar-refractivity contribution in [1.82, 2.24) is 0 Å². The Balaban J connectivity index is 1.97. The summed E-state index contributed by atoms with van der Waals surface area (Å²) in [7, 11) is 0. The summed E-state index contributed by atoms with van der Waals surface area (Å²) < 4.78 is 0. The molecule has 0 saturated carbocycles. The lowest BCUT2D eigenvalue weighted by molar-refractivity contribution is -0.116. The standard InChI is InChI=1S/C15H13NO2S/c1-9-6-7-19-15(9)14(18)11-2-4-12-10(8-11)3-5-13(17)16-12/h2,4,6-8H,3,5H2,1H3,(H,16,17). The van der Waals surface area contributed by atoms with Crippen LogP contribution in [0.2, 0.25) is 0 Å². The SMILES string of the molecule is Cc1ccsc1C(=O)c1ccc2c(c1)CCC(=O)N2. The largest absolute Gasteiger partial charge is 0.326 e. The highest BCUT2D eigenvalue weighted by Crippen LogP contribution is 2.26. The minimum absolute atomic E-state index is 0.0423. The fraction of sp³-hybridized carbons (Fsp3) is 0.200. The summed E-state index contributed by atoms with van der Waals surface area (Å²) in [5, 5.41) is 4.76. The number of rotatable bonds is 2. The third-order valence-corrected chi connectivity index (χ3v) is 4.35. The lowest BCUT2D eigenvalue weighted by Crippen LogP contribution is -2.19. The van der Waals surface area contributed by atoms with Gasteiger partial charge in [0.1, 0.15) is 0 Å². The van der Waals surface area contributed by atoms with Crippen molar-refractivity contribution in [2.75, 3.05) is 5.32 Å². The highest BCUT2D eigenvalue weighted by atomic mass is 32.1. The molecule has 1 N–H and O–H groups in total. The van der Waals surface area contributed by atoms with Crippen LogP contribution in [0, 0.1) is 6.92 Å². The quantitative estimate of drug-likeness (QED) is 0.853. The van der Waals surface area contributed by atoms with E-state index in [2.05, 4.69) is 5.32 Å². The third-order valence-electron chi connectivity index (χ3n) is 3.33. The van der Waals surface area contributed by atoms with Crippen molar-refractivity contribution in [3.63, 3.8) is 0 Å². The fourth-order valence-corrected chi connectivity index (χ4v) is 3.15. The molecule has 96 valence electrons. The van der Waals surface area contributed by atoms with Crippen molar-refractivity contribution in [3.8, 4) is 0 Å². The maximum absolute atomic E-state index is 12.4. The topological polar surface area (TPSA) is 46.2 Å². The van der Waals surface area contributed by atoms with Crippen molar-refractivity contribution < 1.29 is 9.59 Å². The average molecular weight is 271 g/mol. The molecule has 1 amide bonds. The lowest BCUT2D eigenvalue weighted by atomic mass is 9.98. The Kier molecular flexibility index (Phi) is 2.95. The first-order valence-corrected chi connectivity index (χ1v) is 7.04. The molecule has 0 fully saturated rings. The summed E-state index contributed by atoms with van der Waals surface area (Å²) in [5.74, 6) is 0.105. The van der Waals surface area contributed by atoms with Crippen LogP contribution in [0.15, 0.2) is 29.6 Å². The van der Waals surface area contributed by atoms with Gasteiger partial charge < -0.3 is 5.32 Å². The molecule has 0 unspecified atom stereocenters. The molecule has 1 aliphatic rings. The molecule has 0 atom stereocenters. The molecule has 1 aliphatic heterocycles. The number of nitrogens with one attached hydrogen (secondary N) is 1.